The molecule has 0 aliphatic heterocycles. The van der Waals surface area contributed by atoms with Crippen LogP contribution in [0.25, 0.3) is 16.7 Å². The smallest absolute Gasteiger partial charge is 0.182 e. The van der Waals surface area contributed by atoms with Gasteiger partial charge in [-0.3, -0.25) is 9.25 Å². The Hall–Kier alpha value is -1.40. The predicted octanol–water partition coefficient (Wildman–Crippen LogP) is 3.18. The fraction of sp³-hybridized carbons (Fsp3) is 0.0909. The van der Waals surface area contributed by atoms with Gasteiger partial charge >= 0.3 is 0 Å². The van der Waals surface area contributed by atoms with E-state index in [1.807, 2.05) is 36.0 Å². The Morgan fingerprint density at radius 2 is 2.24 bits per heavy atom. The molecule has 0 saturated carbocycles. The number of H-pyrrole nitrogens is 1. The first-order valence-electron chi connectivity index (χ1n) is 5.04. The summed E-state index contributed by atoms with van der Waals surface area (Å²) in [6.07, 6.45) is 3.73. The van der Waals surface area contributed by atoms with Gasteiger partial charge in [-0.2, -0.15) is 5.10 Å². The Labute approximate surface area is 111 Å². The second-order valence-electron chi connectivity index (χ2n) is 3.80. The van der Waals surface area contributed by atoms with Gasteiger partial charge in [0.2, 0.25) is 0 Å². The molecular formula is C11H9BrN4S. The molecule has 3 aromatic rings. The highest BCUT2D eigenvalue weighted by molar-refractivity contribution is 9.10. The van der Waals surface area contributed by atoms with E-state index in [-0.39, 0.29) is 0 Å². The van der Waals surface area contributed by atoms with Gasteiger partial charge in [0.25, 0.3) is 0 Å². The number of halogens is 1. The molecule has 0 unspecified atom stereocenters. The van der Waals surface area contributed by atoms with E-state index >= 15 is 0 Å². The van der Waals surface area contributed by atoms with Crippen LogP contribution in [0.2, 0.25) is 0 Å². The summed E-state index contributed by atoms with van der Waals surface area (Å²) in [5.74, 6) is 0. The van der Waals surface area contributed by atoms with Crippen LogP contribution in [0.3, 0.4) is 0 Å². The molecule has 0 bridgehead atoms. The summed E-state index contributed by atoms with van der Waals surface area (Å²) in [6.45, 7) is 0. The third-order valence-electron chi connectivity index (χ3n) is 2.59. The normalized spacial score (nSPS) is 11.2. The average Bonchev–Trinajstić information content (AvgIpc) is 2.81. The Morgan fingerprint density at radius 1 is 1.41 bits per heavy atom. The molecule has 0 atom stereocenters. The van der Waals surface area contributed by atoms with Gasteiger partial charge in [-0.05, 0) is 30.4 Å². The minimum absolute atomic E-state index is 0.672. The number of rotatable bonds is 1. The minimum atomic E-state index is 0.672. The molecular weight excluding hydrogens is 300 g/mol. The minimum Gasteiger partial charge on any atom is -0.330 e. The van der Waals surface area contributed by atoms with Crippen LogP contribution in [0.4, 0.5) is 0 Å². The molecule has 0 spiro atoms. The summed E-state index contributed by atoms with van der Waals surface area (Å²) in [6, 6.07) is 6.03. The van der Waals surface area contributed by atoms with Crippen LogP contribution in [0, 0.1) is 4.77 Å². The molecule has 0 aliphatic carbocycles. The highest BCUT2D eigenvalue weighted by Gasteiger charge is 2.08. The van der Waals surface area contributed by atoms with Crippen LogP contribution in [0.15, 0.2) is 35.1 Å². The number of hydrogen-bond acceptors (Lipinski definition) is 2. The van der Waals surface area contributed by atoms with Crippen LogP contribution < -0.4 is 0 Å². The lowest BCUT2D eigenvalue weighted by Crippen LogP contribution is -1.92. The Morgan fingerprint density at radius 3 is 2.94 bits per heavy atom. The molecule has 6 heteroatoms. The second-order valence-corrected chi connectivity index (χ2v) is 5.10. The summed E-state index contributed by atoms with van der Waals surface area (Å²) >= 11 is 8.81. The fourth-order valence-electron chi connectivity index (χ4n) is 1.86. The standard InChI is InChI=1S/C11H9BrN4S/c1-15-6-8(5-13-15)16-10-4-7(12)2-3-9(10)14-11(16)17/h2-6H,1H3,(H,14,17). The summed E-state index contributed by atoms with van der Waals surface area (Å²) in [4.78, 5) is 3.18. The van der Waals surface area contributed by atoms with Gasteiger partial charge in [-0.25, -0.2) is 0 Å². The molecule has 2 aromatic heterocycles. The Balaban J connectivity index is 2.39. The van der Waals surface area contributed by atoms with Crippen molar-refractivity contribution in [3.63, 3.8) is 0 Å². The largest absolute Gasteiger partial charge is 0.330 e. The van der Waals surface area contributed by atoms with E-state index < -0.39 is 0 Å². The molecule has 4 nitrogen and oxygen atoms in total. The molecule has 1 N–H and O–H groups in total. The molecule has 0 fully saturated rings. The molecule has 3 rings (SSSR count). The van der Waals surface area contributed by atoms with E-state index in [2.05, 4.69) is 26.0 Å². The third kappa shape index (κ3) is 1.73. The molecule has 1 aromatic carbocycles. The number of benzene rings is 1. The second kappa shape index (κ2) is 3.82. The molecule has 86 valence electrons. The zero-order valence-electron chi connectivity index (χ0n) is 9.01. The number of fused-ring (bicyclic) bond motifs is 1. The maximum atomic E-state index is 5.34. The summed E-state index contributed by atoms with van der Waals surface area (Å²) in [5, 5.41) is 4.17. The van der Waals surface area contributed by atoms with Gasteiger partial charge in [0, 0.05) is 17.7 Å². The van der Waals surface area contributed by atoms with Crippen LogP contribution in [-0.2, 0) is 7.05 Å². The summed E-state index contributed by atoms with van der Waals surface area (Å²) in [7, 11) is 1.89. The van der Waals surface area contributed by atoms with E-state index in [0.717, 1.165) is 21.2 Å². The molecule has 2 heterocycles. The fourth-order valence-corrected chi connectivity index (χ4v) is 2.52. The Bertz CT molecular complexity index is 752. The van der Waals surface area contributed by atoms with Crippen molar-refractivity contribution >= 4 is 39.2 Å². The first kappa shape index (κ1) is 10.7. The number of hydrogen-bond donors (Lipinski definition) is 1. The predicted molar refractivity (Wildman–Crippen MR) is 72.9 cm³/mol. The van der Waals surface area contributed by atoms with Crippen molar-refractivity contribution < 1.29 is 0 Å². The van der Waals surface area contributed by atoms with E-state index in [1.54, 1.807) is 10.9 Å². The van der Waals surface area contributed by atoms with Gasteiger partial charge in [-0.15, -0.1) is 0 Å². The van der Waals surface area contributed by atoms with Crippen LogP contribution in [0.1, 0.15) is 0 Å². The monoisotopic (exact) mass is 308 g/mol. The number of aromatic amines is 1. The van der Waals surface area contributed by atoms with Gasteiger partial charge < -0.3 is 4.98 Å². The van der Waals surface area contributed by atoms with E-state index in [1.165, 1.54) is 0 Å². The van der Waals surface area contributed by atoms with Crippen LogP contribution in [-0.4, -0.2) is 19.3 Å². The van der Waals surface area contributed by atoms with Crippen molar-refractivity contribution in [2.45, 2.75) is 0 Å². The lowest BCUT2D eigenvalue weighted by atomic mass is 10.3. The van der Waals surface area contributed by atoms with E-state index in [9.17, 15) is 0 Å². The average molecular weight is 309 g/mol. The quantitative estimate of drug-likeness (QED) is 0.701. The lowest BCUT2D eigenvalue weighted by Gasteiger charge is -2.00. The first-order valence-corrected chi connectivity index (χ1v) is 6.24. The third-order valence-corrected chi connectivity index (χ3v) is 3.37. The zero-order chi connectivity index (χ0) is 12.0. The Kier molecular flexibility index (Phi) is 2.41. The van der Waals surface area contributed by atoms with Gasteiger partial charge in [0.15, 0.2) is 4.77 Å². The van der Waals surface area contributed by atoms with Crippen molar-refractivity contribution in [1.82, 2.24) is 19.3 Å². The molecule has 0 amide bonds. The van der Waals surface area contributed by atoms with Crippen molar-refractivity contribution in [2.75, 3.05) is 0 Å². The van der Waals surface area contributed by atoms with Crippen molar-refractivity contribution in [3.8, 4) is 5.69 Å². The first-order chi connectivity index (χ1) is 8.15. The highest BCUT2D eigenvalue weighted by atomic mass is 79.9. The molecule has 0 aliphatic rings. The number of aryl methyl sites for hydroxylation is 1. The maximum absolute atomic E-state index is 5.34. The van der Waals surface area contributed by atoms with E-state index in [0.29, 0.717) is 4.77 Å². The topological polar surface area (TPSA) is 38.5 Å². The van der Waals surface area contributed by atoms with Crippen molar-refractivity contribution in [3.05, 3.63) is 39.8 Å². The molecule has 0 saturated heterocycles. The van der Waals surface area contributed by atoms with Crippen molar-refractivity contribution in [1.29, 1.82) is 0 Å². The molecule has 0 radical (unpaired) electrons. The number of nitrogens with zero attached hydrogens (tertiary/aromatic N) is 3. The van der Waals surface area contributed by atoms with Gasteiger partial charge in [-0.1, -0.05) is 15.9 Å². The summed E-state index contributed by atoms with van der Waals surface area (Å²) < 4.78 is 5.43. The maximum Gasteiger partial charge on any atom is 0.182 e. The lowest BCUT2D eigenvalue weighted by molar-refractivity contribution is 0.767. The number of nitrogens with one attached hydrogen (secondary N) is 1. The van der Waals surface area contributed by atoms with Crippen LogP contribution in [0.5, 0.6) is 0 Å². The number of imidazole rings is 1. The molecule has 17 heavy (non-hydrogen) atoms. The van der Waals surface area contributed by atoms with Crippen molar-refractivity contribution in [2.24, 2.45) is 7.05 Å². The summed E-state index contributed by atoms with van der Waals surface area (Å²) in [5.41, 5.74) is 3.02. The van der Waals surface area contributed by atoms with Gasteiger partial charge in [0.1, 0.15) is 0 Å². The number of aromatic nitrogens is 4. The highest BCUT2D eigenvalue weighted by Crippen LogP contribution is 2.22. The van der Waals surface area contributed by atoms with Crippen LogP contribution >= 0.6 is 28.1 Å². The van der Waals surface area contributed by atoms with Gasteiger partial charge in [0.05, 0.1) is 22.9 Å². The SMILES string of the molecule is Cn1cc(-n2c(=S)[nH]c3ccc(Br)cc32)cn1. The van der Waals surface area contributed by atoms with E-state index in [4.69, 9.17) is 12.2 Å². The zero-order valence-corrected chi connectivity index (χ0v) is 11.4.